The Bertz CT molecular complexity index is 919. The SMILES string of the molecule is O=C([O-])/C=C/c1ccc(S(=O)(=O)NCc2ccc3c(c2)OCO3)cc1. The minimum absolute atomic E-state index is 0.0823. The Hall–Kier alpha value is -2.84. The Morgan fingerprint density at radius 2 is 1.84 bits per heavy atom. The van der Waals surface area contributed by atoms with E-state index in [2.05, 4.69) is 4.72 Å². The van der Waals surface area contributed by atoms with Crippen LogP contribution in [0.1, 0.15) is 11.1 Å². The summed E-state index contributed by atoms with van der Waals surface area (Å²) in [6.45, 7) is 0.258. The van der Waals surface area contributed by atoms with Crippen molar-refractivity contribution in [1.29, 1.82) is 0 Å². The first-order valence-electron chi connectivity index (χ1n) is 7.31. The number of carbonyl (C=O) groups excluding carboxylic acids is 1. The molecule has 130 valence electrons. The molecule has 1 heterocycles. The maximum atomic E-state index is 12.3. The summed E-state index contributed by atoms with van der Waals surface area (Å²) in [5.41, 5.74) is 1.29. The zero-order chi connectivity index (χ0) is 17.9. The molecule has 1 aliphatic rings. The van der Waals surface area contributed by atoms with E-state index in [0.29, 0.717) is 17.1 Å². The van der Waals surface area contributed by atoms with Gasteiger partial charge in [-0.05, 0) is 41.5 Å². The smallest absolute Gasteiger partial charge is 0.240 e. The highest BCUT2D eigenvalue weighted by molar-refractivity contribution is 7.89. The number of rotatable bonds is 6. The molecule has 2 aromatic carbocycles. The van der Waals surface area contributed by atoms with Gasteiger partial charge in [-0.1, -0.05) is 24.3 Å². The standard InChI is InChI=1S/C17H15NO6S/c19-17(20)8-4-12-1-5-14(6-2-12)25(21,22)18-10-13-3-7-15-16(9-13)24-11-23-15/h1-9,18H,10-11H2,(H,19,20)/p-1/b8-4+. The van der Waals surface area contributed by atoms with E-state index >= 15 is 0 Å². The number of fused-ring (bicyclic) bond motifs is 1. The molecule has 0 fully saturated rings. The van der Waals surface area contributed by atoms with Gasteiger partial charge in [0.15, 0.2) is 11.5 Å². The lowest BCUT2D eigenvalue weighted by Gasteiger charge is -2.08. The molecule has 0 spiro atoms. The fourth-order valence-corrected chi connectivity index (χ4v) is 3.25. The van der Waals surface area contributed by atoms with Gasteiger partial charge >= 0.3 is 0 Å². The van der Waals surface area contributed by atoms with E-state index in [1.54, 1.807) is 18.2 Å². The molecule has 0 atom stereocenters. The van der Waals surface area contributed by atoms with Gasteiger partial charge in [0.1, 0.15) is 0 Å². The van der Waals surface area contributed by atoms with Gasteiger partial charge in [0, 0.05) is 6.54 Å². The third-order valence-corrected chi connectivity index (χ3v) is 4.92. The lowest BCUT2D eigenvalue weighted by atomic mass is 10.2. The first kappa shape index (κ1) is 17.0. The quantitative estimate of drug-likeness (QED) is 0.759. The second-order valence-corrected chi connectivity index (χ2v) is 7.00. The molecule has 0 radical (unpaired) electrons. The highest BCUT2D eigenvalue weighted by Crippen LogP contribution is 2.32. The molecule has 0 aromatic heterocycles. The molecule has 1 aliphatic heterocycles. The molecule has 0 saturated carbocycles. The van der Waals surface area contributed by atoms with Crippen LogP contribution in [0.25, 0.3) is 6.08 Å². The van der Waals surface area contributed by atoms with Crippen LogP contribution in [0.15, 0.2) is 53.4 Å². The van der Waals surface area contributed by atoms with Crippen molar-refractivity contribution in [3.63, 3.8) is 0 Å². The Kier molecular flexibility index (Phi) is 4.73. The van der Waals surface area contributed by atoms with E-state index in [1.165, 1.54) is 30.3 Å². The highest BCUT2D eigenvalue weighted by Gasteiger charge is 2.16. The number of nitrogens with one attached hydrogen (secondary N) is 1. The summed E-state index contributed by atoms with van der Waals surface area (Å²) < 4.78 is 37.6. The Labute approximate surface area is 144 Å². The molecule has 0 bridgehead atoms. The summed E-state index contributed by atoms with van der Waals surface area (Å²) in [6, 6.07) is 11.0. The number of sulfonamides is 1. The van der Waals surface area contributed by atoms with Crippen molar-refractivity contribution in [3.05, 3.63) is 59.7 Å². The normalized spacial score (nSPS) is 13.3. The molecule has 25 heavy (non-hydrogen) atoms. The molecule has 3 rings (SSSR count). The average Bonchev–Trinajstić information content (AvgIpc) is 3.06. The number of carboxylic acid groups (broad SMARTS) is 1. The van der Waals surface area contributed by atoms with E-state index in [-0.39, 0.29) is 18.2 Å². The summed E-state index contributed by atoms with van der Waals surface area (Å²) in [6.07, 6.45) is 2.20. The minimum atomic E-state index is -3.70. The van der Waals surface area contributed by atoms with Crippen LogP contribution in [0.2, 0.25) is 0 Å². The number of hydrogen-bond donors (Lipinski definition) is 1. The fourth-order valence-electron chi connectivity index (χ4n) is 2.23. The number of carbonyl (C=O) groups is 1. The zero-order valence-corrected chi connectivity index (χ0v) is 13.8. The maximum Gasteiger partial charge on any atom is 0.240 e. The first-order valence-corrected chi connectivity index (χ1v) is 8.80. The van der Waals surface area contributed by atoms with Gasteiger partial charge in [0.2, 0.25) is 16.8 Å². The lowest BCUT2D eigenvalue weighted by Crippen LogP contribution is -2.23. The molecule has 8 heteroatoms. The van der Waals surface area contributed by atoms with Crippen LogP contribution in [-0.2, 0) is 21.4 Å². The molecule has 2 aromatic rings. The van der Waals surface area contributed by atoms with Gasteiger partial charge < -0.3 is 19.4 Å². The van der Waals surface area contributed by atoms with Gasteiger partial charge in [-0.3, -0.25) is 0 Å². The number of carboxylic acids is 1. The monoisotopic (exact) mass is 360 g/mol. The predicted octanol–water partition coefficient (Wildman–Crippen LogP) is 0.657. The van der Waals surface area contributed by atoms with Crippen LogP contribution in [0, 0.1) is 0 Å². The molecule has 0 unspecified atom stereocenters. The summed E-state index contributed by atoms with van der Waals surface area (Å²) in [5.74, 6) is -0.102. The fraction of sp³-hybridized carbons (Fsp3) is 0.118. The molecular formula is C17H14NO6S-. The van der Waals surface area contributed by atoms with Crippen LogP contribution in [0.5, 0.6) is 11.5 Å². The van der Waals surface area contributed by atoms with Crippen molar-refractivity contribution in [2.24, 2.45) is 0 Å². The van der Waals surface area contributed by atoms with Crippen molar-refractivity contribution in [3.8, 4) is 11.5 Å². The van der Waals surface area contributed by atoms with Gasteiger partial charge in [-0.25, -0.2) is 13.1 Å². The van der Waals surface area contributed by atoms with E-state index in [1.807, 2.05) is 0 Å². The summed E-state index contributed by atoms with van der Waals surface area (Å²) in [5, 5.41) is 10.4. The maximum absolute atomic E-state index is 12.3. The highest BCUT2D eigenvalue weighted by atomic mass is 32.2. The second-order valence-electron chi connectivity index (χ2n) is 5.23. The Balaban J connectivity index is 1.68. The largest absolute Gasteiger partial charge is 0.545 e. The predicted molar refractivity (Wildman–Crippen MR) is 87.1 cm³/mol. The molecular weight excluding hydrogens is 346 g/mol. The summed E-state index contributed by atoms with van der Waals surface area (Å²) in [4.78, 5) is 10.5. The number of benzene rings is 2. The van der Waals surface area contributed by atoms with Crippen molar-refractivity contribution < 1.29 is 27.8 Å². The Morgan fingerprint density at radius 1 is 1.12 bits per heavy atom. The van der Waals surface area contributed by atoms with E-state index in [4.69, 9.17) is 9.47 Å². The van der Waals surface area contributed by atoms with Crippen LogP contribution in [-0.4, -0.2) is 21.2 Å². The van der Waals surface area contributed by atoms with Crippen molar-refractivity contribution >= 4 is 22.1 Å². The van der Waals surface area contributed by atoms with Crippen LogP contribution in [0.4, 0.5) is 0 Å². The Morgan fingerprint density at radius 3 is 2.56 bits per heavy atom. The van der Waals surface area contributed by atoms with Gasteiger partial charge in [-0.2, -0.15) is 0 Å². The third kappa shape index (κ3) is 4.17. The van der Waals surface area contributed by atoms with E-state index in [9.17, 15) is 18.3 Å². The number of ether oxygens (including phenoxy) is 2. The van der Waals surface area contributed by atoms with Gasteiger partial charge in [0.05, 0.1) is 10.9 Å². The molecule has 0 saturated heterocycles. The molecule has 0 amide bonds. The molecule has 7 nitrogen and oxygen atoms in total. The second kappa shape index (κ2) is 6.96. The van der Waals surface area contributed by atoms with Crippen LogP contribution >= 0.6 is 0 Å². The minimum Gasteiger partial charge on any atom is -0.545 e. The topological polar surface area (TPSA) is 105 Å². The third-order valence-electron chi connectivity index (χ3n) is 3.51. The molecule has 1 N–H and O–H groups in total. The number of hydrogen-bond acceptors (Lipinski definition) is 6. The number of aliphatic carboxylic acids is 1. The zero-order valence-electron chi connectivity index (χ0n) is 13.0. The van der Waals surface area contributed by atoms with Crippen molar-refractivity contribution in [2.45, 2.75) is 11.4 Å². The van der Waals surface area contributed by atoms with E-state index in [0.717, 1.165) is 11.6 Å². The summed E-state index contributed by atoms with van der Waals surface area (Å²) >= 11 is 0. The van der Waals surface area contributed by atoms with Crippen molar-refractivity contribution in [1.82, 2.24) is 4.72 Å². The van der Waals surface area contributed by atoms with E-state index < -0.39 is 16.0 Å². The van der Waals surface area contributed by atoms with Crippen LogP contribution in [0.3, 0.4) is 0 Å². The van der Waals surface area contributed by atoms with Gasteiger partial charge in [-0.15, -0.1) is 0 Å². The van der Waals surface area contributed by atoms with Gasteiger partial charge in [0.25, 0.3) is 0 Å². The molecule has 0 aliphatic carbocycles. The lowest BCUT2D eigenvalue weighted by molar-refractivity contribution is -0.297. The van der Waals surface area contributed by atoms with Crippen LogP contribution < -0.4 is 19.3 Å². The first-order chi connectivity index (χ1) is 11.9. The summed E-state index contributed by atoms with van der Waals surface area (Å²) in [7, 11) is -3.70. The van der Waals surface area contributed by atoms with Crippen molar-refractivity contribution in [2.75, 3.05) is 6.79 Å². The average molecular weight is 360 g/mol.